The standard InChI is InChI=1S/C11H18N2OS/c1-8-6-12-11(15-8)9(2)13-10-4-3-5-14-7-10/h6,9-10,13H,3-5,7H2,1-2H3. The molecule has 1 saturated heterocycles. The Balaban J connectivity index is 1.88. The summed E-state index contributed by atoms with van der Waals surface area (Å²) in [5, 5.41) is 4.75. The number of aromatic nitrogens is 1. The Morgan fingerprint density at radius 3 is 3.13 bits per heavy atom. The number of thiazole rings is 1. The highest BCUT2D eigenvalue weighted by Gasteiger charge is 2.18. The molecule has 2 atom stereocenters. The van der Waals surface area contributed by atoms with E-state index in [4.69, 9.17) is 4.74 Å². The molecule has 2 unspecified atom stereocenters. The van der Waals surface area contributed by atoms with Crippen LogP contribution in [0.25, 0.3) is 0 Å². The fraction of sp³-hybridized carbons (Fsp3) is 0.727. The van der Waals surface area contributed by atoms with Gasteiger partial charge in [0, 0.05) is 23.7 Å². The molecule has 1 aromatic heterocycles. The van der Waals surface area contributed by atoms with Gasteiger partial charge in [-0.1, -0.05) is 0 Å². The van der Waals surface area contributed by atoms with Crippen molar-refractivity contribution in [1.29, 1.82) is 0 Å². The minimum absolute atomic E-state index is 0.343. The number of aryl methyl sites for hydroxylation is 1. The number of ether oxygens (including phenoxy) is 1. The molecule has 3 nitrogen and oxygen atoms in total. The van der Waals surface area contributed by atoms with Crippen LogP contribution in [0.5, 0.6) is 0 Å². The zero-order valence-electron chi connectivity index (χ0n) is 9.32. The Morgan fingerprint density at radius 1 is 1.67 bits per heavy atom. The average Bonchev–Trinajstić information content (AvgIpc) is 2.66. The topological polar surface area (TPSA) is 34.2 Å². The van der Waals surface area contributed by atoms with Crippen LogP contribution in [0.3, 0.4) is 0 Å². The third-order valence-corrected chi connectivity index (χ3v) is 3.75. The predicted octanol–water partition coefficient (Wildman–Crippen LogP) is 2.28. The number of hydrogen-bond donors (Lipinski definition) is 1. The predicted molar refractivity (Wildman–Crippen MR) is 62.2 cm³/mol. The summed E-state index contributed by atoms with van der Waals surface area (Å²) in [6.45, 7) is 6.03. The first-order chi connectivity index (χ1) is 7.25. The molecule has 0 aliphatic carbocycles. The highest BCUT2D eigenvalue weighted by molar-refractivity contribution is 7.11. The van der Waals surface area contributed by atoms with Crippen molar-refractivity contribution in [2.45, 2.75) is 38.8 Å². The third-order valence-electron chi connectivity index (χ3n) is 2.66. The van der Waals surface area contributed by atoms with E-state index in [0.717, 1.165) is 13.2 Å². The average molecular weight is 226 g/mol. The van der Waals surface area contributed by atoms with Crippen molar-refractivity contribution >= 4 is 11.3 Å². The normalized spacial score (nSPS) is 24.0. The van der Waals surface area contributed by atoms with Gasteiger partial charge in [-0.2, -0.15) is 0 Å². The van der Waals surface area contributed by atoms with Gasteiger partial charge in [0.15, 0.2) is 0 Å². The fourth-order valence-electron chi connectivity index (χ4n) is 1.87. The third kappa shape index (κ3) is 3.00. The van der Waals surface area contributed by atoms with Gasteiger partial charge in [-0.15, -0.1) is 11.3 Å². The Kier molecular flexibility index (Phi) is 3.72. The van der Waals surface area contributed by atoms with Crippen molar-refractivity contribution in [2.75, 3.05) is 13.2 Å². The lowest BCUT2D eigenvalue weighted by Gasteiger charge is -2.25. The Bertz CT molecular complexity index is 307. The molecule has 1 aliphatic rings. The molecule has 0 saturated carbocycles. The molecule has 4 heteroatoms. The van der Waals surface area contributed by atoms with E-state index in [-0.39, 0.29) is 0 Å². The lowest BCUT2D eigenvalue weighted by atomic mass is 10.1. The second-order valence-corrected chi connectivity index (χ2v) is 5.38. The zero-order valence-corrected chi connectivity index (χ0v) is 10.1. The largest absolute Gasteiger partial charge is 0.380 e. The molecule has 0 radical (unpaired) electrons. The molecule has 15 heavy (non-hydrogen) atoms. The maximum absolute atomic E-state index is 5.44. The summed E-state index contributed by atoms with van der Waals surface area (Å²) in [4.78, 5) is 5.67. The molecule has 0 aromatic carbocycles. The second kappa shape index (κ2) is 5.05. The molecule has 1 fully saturated rings. The maximum atomic E-state index is 5.44. The molecular weight excluding hydrogens is 208 g/mol. The smallest absolute Gasteiger partial charge is 0.109 e. The zero-order chi connectivity index (χ0) is 10.7. The molecular formula is C11H18N2OS. The van der Waals surface area contributed by atoms with Gasteiger partial charge in [0.2, 0.25) is 0 Å². The summed E-state index contributed by atoms with van der Waals surface area (Å²) in [5.74, 6) is 0. The van der Waals surface area contributed by atoms with Crippen LogP contribution in [-0.2, 0) is 4.74 Å². The van der Waals surface area contributed by atoms with Crippen LogP contribution < -0.4 is 5.32 Å². The van der Waals surface area contributed by atoms with Crippen LogP contribution >= 0.6 is 11.3 Å². The first-order valence-electron chi connectivity index (χ1n) is 5.52. The van der Waals surface area contributed by atoms with E-state index in [1.807, 2.05) is 6.20 Å². The minimum Gasteiger partial charge on any atom is -0.380 e. The molecule has 0 bridgehead atoms. The quantitative estimate of drug-likeness (QED) is 0.858. The molecule has 2 rings (SSSR count). The van der Waals surface area contributed by atoms with Gasteiger partial charge in [0.05, 0.1) is 12.6 Å². The van der Waals surface area contributed by atoms with Gasteiger partial charge in [0.25, 0.3) is 0 Å². The molecule has 0 spiro atoms. The van der Waals surface area contributed by atoms with E-state index in [9.17, 15) is 0 Å². The van der Waals surface area contributed by atoms with Crippen LogP contribution in [0, 0.1) is 6.92 Å². The molecule has 84 valence electrons. The summed E-state index contributed by atoms with van der Waals surface area (Å²) >= 11 is 1.77. The Hall–Kier alpha value is -0.450. The second-order valence-electron chi connectivity index (χ2n) is 4.11. The fourth-order valence-corrected chi connectivity index (χ4v) is 2.65. The number of hydrogen-bond acceptors (Lipinski definition) is 4. The van der Waals surface area contributed by atoms with Crippen molar-refractivity contribution < 1.29 is 4.74 Å². The first-order valence-corrected chi connectivity index (χ1v) is 6.33. The molecule has 1 aromatic rings. The van der Waals surface area contributed by atoms with E-state index < -0.39 is 0 Å². The lowest BCUT2D eigenvalue weighted by molar-refractivity contribution is 0.0671. The molecule has 1 aliphatic heterocycles. The number of nitrogens with zero attached hydrogens (tertiary/aromatic N) is 1. The number of nitrogens with one attached hydrogen (secondary N) is 1. The van der Waals surface area contributed by atoms with E-state index >= 15 is 0 Å². The van der Waals surface area contributed by atoms with E-state index in [2.05, 4.69) is 24.1 Å². The molecule has 1 N–H and O–H groups in total. The molecule has 2 heterocycles. The first kappa shape index (κ1) is 11.0. The highest BCUT2D eigenvalue weighted by Crippen LogP contribution is 2.20. The summed E-state index contributed by atoms with van der Waals surface area (Å²) in [7, 11) is 0. The van der Waals surface area contributed by atoms with E-state index in [1.54, 1.807) is 11.3 Å². The lowest BCUT2D eigenvalue weighted by Crippen LogP contribution is -2.38. The van der Waals surface area contributed by atoms with Gasteiger partial charge in [-0.3, -0.25) is 0 Å². The monoisotopic (exact) mass is 226 g/mol. The van der Waals surface area contributed by atoms with Crippen LogP contribution in [0.15, 0.2) is 6.20 Å². The Labute approximate surface area is 94.9 Å². The van der Waals surface area contributed by atoms with Gasteiger partial charge >= 0.3 is 0 Å². The van der Waals surface area contributed by atoms with Crippen LogP contribution in [0.4, 0.5) is 0 Å². The molecule has 0 amide bonds. The van der Waals surface area contributed by atoms with Gasteiger partial charge in [0.1, 0.15) is 5.01 Å². The summed E-state index contributed by atoms with van der Waals surface area (Å²) in [5.41, 5.74) is 0. The van der Waals surface area contributed by atoms with Gasteiger partial charge in [-0.05, 0) is 26.7 Å². The minimum atomic E-state index is 0.343. The van der Waals surface area contributed by atoms with Gasteiger partial charge < -0.3 is 10.1 Å². The summed E-state index contributed by atoms with van der Waals surface area (Å²) < 4.78 is 5.44. The van der Waals surface area contributed by atoms with E-state index in [1.165, 1.54) is 22.7 Å². The van der Waals surface area contributed by atoms with Crippen LogP contribution in [0.1, 0.15) is 35.7 Å². The van der Waals surface area contributed by atoms with Crippen molar-refractivity contribution in [1.82, 2.24) is 10.3 Å². The van der Waals surface area contributed by atoms with E-state index in [0.29, 0.717) is 12.1 Å². The van der Waals surface area contributed by atoms with Crippen LogP contribution in [-0.4, -0.2) is 24.2 Å². The summed E-state index contributed by atoms with van der Waals surface area (Å²) in [6.07, 6.45) is 4.32. The highest BCUT2D eigenvalue weighted by atomic mass is 32.1. The van der Waals surface area contributed by atoms with Crippen molar-refractivity contribution in [3.8, 4) is 0 Å². The van der Waals surface area contributed by atoms with Crippen LogP contribution in [0.2, 0.25) is 0 Å². The maximum Gasteiger partial charge on any atom is 0.109 e. The van der Waals surface area contributed by atoms with Crippen molar-refractivity contribution in [3.63, 3.8) is 0 Å². The van der Waals surface area contributed by atoms with Crippen molar-refractivity contribution in [2.24, 2.45) is 0 Å². The summed E-state index contributed by atoms with van der Waals surface area (Å²) in [6, 6.07) is 0.841. The SMILES string of the molecule is Cc1cnc(C(C)NC2CCCOC2)s1. The van der Waals surface area contributed by atoms with Gasteiger partial charge in [-0.25, -0.2) is 4.98 Å². The Morgan fingerprint density at radius 2 is 2.53 bits per heavy atom. The number of rotatable bonds is 3. The van der Waals surface area contributed by atoms with Crippen molar-refractivity contribution in [3.05, 3.63) is 16.1 Å².